The Morgan fingerprint density at radius 3 is 2.69 bits per heavy atom. The number of rotatable bonds is 4. The van der Waals surface area contributed by atoms with E-state index in [1.54, 1.807) is 0 Å². The number of nitro benzene ring substituents is 1. The molecule has 0 bridgehead atoms. The third-order valence-electron chi connectivity index (χ3n) is 1.88. The molecule has 1 N–H and O–H groups in total. The van der Waals surface area contributed by atoms with E-state index in [1.165, 1.54) is 31.2 Å². The van der Waals surface area contributed by atoms with E-state index in [0.717, 1.165) is 0 Å². The second kappa shape index (κ2) is 5.01. The number of nitrogens with one attached hydrogen (secondary N) is 1. The van der Waals surface area contributed by atoms with Gasteiger partial charge in [-0.3, -0.25) is 19.7 Å². The molecule has 0 spiro atoms. The fourth-order valence-corrected chi connectivity index (χ4v) is 1.10. The summed E-state index contributed by atoms with van der Waals surface area (Å²) in [7, 11) is 0. The normalized spacial score (nSPS) is 9.56. The molecule has 1 aromatic carbocycles. The molecule has 0 heterocycles. The van der Waals surface area contributed by atoms with Crippen LogP contribution in [-0.2, 0) is 4.79 Å². The van der Waals surface area contributed by atoms with Crippen molar-refractivity contribution < 1.29 is 14.5 Å². The largest absolute Gasteiger partial charge is 0.349 e. The van der Waals surface area contributed by atoms with Gasteiger partial charge in [-0.2, -0.15) is 0 Å². The lowest BCUT2D eigenvalue weighted by molar-refractivity contribution is -0.384. The van der Waals surface area contributed by atoms with E-state index >= 15 is 0 Å². The van der Waals surface area contributed by atoms with Gasteiger partial charge < -0.3 is 5.32 Å². The average molecular weight is 222 g/mol. The molecule has 0 aliphatic carbocycles. The van der Waals surface area contributed by atoms with Gasteiger partial charge in [0.2, 0.25) is 5.91 Å². The zero-order chi connectivity index (χ0) is 12.1. The molecule has 0 atom stereocenters. The van der Waals surface area contributed by atoms with E-state index in [1.807, 2.05) is 0 Å². The Kier molecular flexibility index (Phi) is 3.71. The van der Waals surface area contributed by atoms with Crippen LogP contribution < -0.4 is 5.32 Å². The first kappa shape index (κ1) is 11.8. The minimum atomic E-state index is -0.574. The Hall–Kier alpha value is -2.24. The van der Waals surface area contributed by atoms with Gasteiger partial charge in [-0.1, -0.05) is 12.1 Å². The highest BCUT2D eigenvalue weighted by Crippen LogP contribution is 2.13. The molecule has 0 aliphatic rings. The van der Waals surface area contributed by atoms with Crippen LogP contribution in [0.2, 0.25) is 0 Å². The molecule has 16 heavy (non-hydrogen) atoms. The summed E-state index contributed by atoms with van der Waals surface area (Å²) in [6, 6.07) is 5.38. The van der Waals surface area contributed by atoms with Crippen molar-refractivity contribution in [3.8, 4) is 0 Å². The molecule has 84 valence electrons. The lowest BCUT2D eigenvalue weighted by atomic mass is 10.1. The minimum absolute atomic E-state index is 0.145. The predicted octanol–water partition coefficient (Wildman–Crippen LogP) is 0.914. The van der Waals surface area contributed by atoms with Gasteiger partial charge in [-0.05, 0) is 0 Å². The summed E-state index contributed by atoms with van der Waals surface area (Å²) in [4.78, 5) is 32.0. The van der Waals surface area contributed by atoms with Gasteiger partial charge in [0.25, 0.3) is 5.69 Å². The van der Waals surface area contributed by atoms with Crippen molar-refractivity contribution in [3.05, 3.63) is 39.9 Å². The summed E-state index contributed by atoms with van der Waals surface area (Å²) in [5.74, 6) is -0.683. The number of amides is 1. The Balaban J connectivity index is 2.79. The Bertz CT molecular complexity index is 442. The number of ketones is 1. The van der Waals surface area contributed by atoms with Crippen molar-refractivity contribution in [1.82, 2.24) is 5.32 Å². The van der Waals surface area contributed by atoms with Crippen molar-refractivity contribution in [1.29, 1.82) is 0 Å². The molecule has 0 unspecified atom stereocenters. The number of hydrogen-bond acceptors (Lipinski definition) is 4. The Labute approximate surface area is 91.4 Å². The molecule has 6 nitrogen and oxygen atoms in total. The summed E-state index contributed by atoms with van der Waals surface area (Å²) in [5.41, 5.74) is 0.0663. The first-order valence-electron chi connectivity index (χ1n) is 4.53. The van der Waals surface area contributed by atoms with Crippen LogP contribution in [0.5, 0.6) is 0 Å². The van der Waals surface area contributed by atoms with Gasteiger partial charge in [0, 0.05) is 24.6 Å². The predicted molar refractivity (Wildman–Crippen MR) is 56.1 cm³/mol. The third-order valence-corrected chi connectivity index (χ3v) is 1.88. The molecule has 1 aromatic rings. The van der Waals surface area contributed by atoms with E-state index in [9.17, 15) is 19.7 Å². The van der Waals surface area contributed by atoms with Gasteiger partial charge in [-0.15, -0.1) is 0 Å². The van der Waals surface area contributed by atoms with Crippen LogP contribution in [0, 0.1) is 10.1 Å². The number of non-ortho nitro benzene ring substituents is 1. The topological polar surface area (TPSA) is 89.3 Å². The first-order chi connectivity index (χ1) is 7.50. The molecule has 0 saturated carbocycles. The van der Waals surface area contributed by atoms with Crippen LogP contribution in [-0.4, -0.2) is 23.2 Å². The zero-order valence-corrected chi connectivity index (χ0v) is 8.60. The highest BCUT2D eigenvalue weighted by Gasteiger charge is 2.11. The SMILES string of the molecule is CC(=O)NCC(=O)c1cccc([N+](=O)[O-])c1. The van der Waals surface area contributed by atoms with E-state index < -0.39 is 4.92 Å². The van der Waals surface area contributed by atoms with Gasteiger partial charge in [0.15, 0.2) is 5.78 Å². The summed E-state index contributed by atoms with van der Waals surface area (Å²) >= 11 is 0. The lowest BCUT2D eigenvalue weighted by Gasteiger charge is -2.01. The molecular weight excluding hydrogens is 212 g/mol. The zero-order valence-electron chi connectivity index (χ0n) is 8.60. The van der Waals surface area contributed by atoms with Crippen LogP contribution >= 0.6 is 0 Å². The summed E-state index contributed by atoms with van der Waals surface area (Å²) in [5, 5.41) is 12.8. The molecule has 1 rings (SSSR count). The molecule has 0 saturated heterocycles. The van der Waals surface area contributed by atoms with E-state index in [0.29, 0.717) is 0 Å². The van der Waals surface area contributed by atoms with Crippen molar-refractivity contribution >= 4 is 17.4 Å². The number of nitro groups is 1. The number of hydrogen-bond donors (Lipinski definition) is 1. The fourth-order valence-electron chi connectivity index (χ4n) is 1.10. The third kappa shape index (κ3) is 3.16. The molecule has 0 aliphatic heterocycles. The van der Waals surface area contributed by atoms with E-state index in [4.69, 9.17) is 0 Å². The highest BCUT2D eigenvalue weighted by molar-refractivity contribution is 5.99. The molecule has 0 fully saturated rings. The molecular formula is C10H10N2O4. The van der Waals surface area contributed by atoms with E-state index in [-0.39, 0.29) is 29.5 Å². The number of benzene rings is 1. The van der Waals surface area contributed by atoms with Gasteiger partial charge in [0.1, 0.15) is 0 Å². The second-order valence-electron chi connectivity index (χ2n) is 3.14. The maximum absolute atomic E-state index is 11.5. The second-order valence-corrected chi connectivity index (χ2v) is 3.14. The van der Waals surface area contributed by atoms with Gasteiger partial charge in [-0.25, -0.2) is 0 Å². The summed E-state index contributed by atoms with van der Waals surface area (Å²) in [6.45, 7) is 1.14. The molecule has 0 aromatic heterocycles. The fraction of sp³-hybridized carbons (Fsp3) is 0.200. The van der Waals surface area contributed by atoms with Crippen molar-refractivity contribution in [2.24, 2.45) is 0 Å². The number of carbonyl (C=O) groups is 2. The smallest absolute Gasteiger partial charge is 0.270 e. The summed E-state index contributed by atoms with van der Waals surface area (Å²) < 4.78 is 0. The maximum atomic E-state index is 11.5. The van der Waals surface area contributed by atoms with Crippen LogP contribution in [0.4, 0.5) is 5.69 Å². The van der Waals surface area contributed by atoms with Crippen molar-refractivity contribution in [3.63, 3.8) is 0 Å². The van der Waals surface area contributed by atoms with Gasteiger partial charge in [0.05, 0.1) is 11.5 Å². The Morgan fingerprint density at radius 1 is 1.44 bits per heavy atom. The van der Waals surface area contributed by atoms with Gasteiger partial charge >= 0.3 is 0 Å². The Morgan fingerprint density at radius 2 is 2.12 bits per heavy atom. The summed E-state index contributed by atoms with van der Waals surface area (Å²) in [6.07, 6.45) is 0. The number of Topliss-reactive ketones (excluding diaryl/α,β-unsaturated/α-hetero) is 1. The first-order valence-corrected chi connectivity index (χ1v) is 4.53. The average Bonchev–Trinajstić information content (AvgIpc) is 2.26. The van der Waals surface area contributed by atoms with Crippen LogP contribution in [0.3, 0.4) is 0 Å². The number of nitrogens with zero attached hydrogens (tertiary/aromatic N) is 1. The quantitative estimate of drug-likeness (QED) is 0.466. The molecule has 6 heteroatoms. The van der Waals surface area contributed by atoms with Crippen molar-refractivity contribution in [2.45, 2.75) is 6.92 Å². The molecule has 0 radical (unpaired) electrons. The molecule has 1 amide bonds. The minimum Gasteiger partial charge on any atom is -0.349 e. The van der Waals surface area contributed by atoms with Crippen LogP contribution in [0.15, 0.2) is 24.3 Å². The maximum Gasteiger partial charge on any atom is 0.270 e. The number of carbonyl (C=O) groups excluding carboxylic acids is 2. The monoisotopic (exact) mass is 222 g/mol. The van der Waals surface area contributed by atoms with Crippen LogP contribution in [0.1, 0.15) is 17.3 Å². The van der Waals surface area contributed by atoms with Crippen LogP contribution in [0.25, 0.3) is 0 Å². The lowest BCUT2D eigenvalue weighted by Crippen LogP contribution is -2.27. The standard InChI is InChI=1S/C10H10N2O4/c1-7(13)11-6-10(14)8-3-2-4-9(5-8)12(15)16/h2-5H,6H2,1H3,(H,11,13). The van der Waals surface area contributed by atoms with E-state index in [2.05, 4.69) is 5.32 Å². The highest BCUT2D eigenvalue weighted by atomic mass is 16.6. The van der Waals surface area contributed by atoms with Crippen molar-refractivity contribution in [2.75, 3.05) is 6.54 Å².